The maximum absolute atomic E-state index is 13.6. The van der Waals surface area contributed by atoms with Crippen LogP contribution >= 0.6 is 0 Å². The van der Waals surface area contributed by atoms with E-state index in [4.69, 9.17) is 14.8 Å². The molecule has 0 aliphatic carbocycles. The number of dihydropyridines is 1. The number of benzene rings is 1. The molecule has 4 aliphatic heterocycles. The van der Waals surface area contributed by atoms with E-state index in [1.807, 2.05) is 30.5 Å². The van der Waals surface area contributed by atoms with E-state index >= 15 is 0 Å². The number of hydrogen-bond acceptors (Lipinski definition) is 9. The van der Waals surface area contributed by atoms with Gasteiger partial charge in [-0.3, -0.25) is 14.3 Å². The van der Waals surface area contributed by atoms with Crippen molar-refractivity contribution >= 4 is 45.3 Å². The van der Waals surface area contributed by atoms with Crippen LogP contribution < -0.4 is 16.2 Å². The number of rotatable bonds is 4. The fourth-order valence-corrected chi connectivity index (χ4v) is 7.00. The fourth-order valence-electron chi connectivity index (χ4n) is 7.00. The first kappa shape index (κ1) is 28.6. The number of fused-ring (bicyclic) bond motifs is 6. The molecule has 13 nitrogen and oxygen atoms in total. The molecule has 2 fully saturated rings. The first-order valence-corrected chi connectivity index (χ1v) is 16.2. The number of morpholine rings is 1. The minimum absolute atomic E-state index is 0.0205. The molecule has 1 aromatic carbocycles. The summed E-state index contributed by atoms with van der Waals surface area (Å²) < 4.78 is 11.3. The topological polar surface area (TPSA) is 127 Å². The maximum Gasteiger partial charge on any atom is 0.278 e. The van der Waals surface area contributed by atoms with Crippen molar-refractivity contribution in [3.05, 3.63) is 71.0 Å². The maximum atomic E-state index is 13.6. The van der Waals surface area contributed by atoms with Crippen LogP contribution in [0.1, 0.15) is 45.6 Å². The second-order valence-electron chi connectivity index (χ2n) is 12.6. The van der Waals surface area contributed by atoms with Gasteiger partial charge in [-0.05, 0) is 69.9 Å². The lowest BCUT2D eigenvalue weighted by Gasteiger charge is -2.40. The molecule has 7 heterocycles. The number of carbonyl (C=O) groups is 1. The third-order valence-electron chi connectivity index (χ3n) is 9.50. The van der Waals surface area contributed by atoms with Gasteiger partial charge in [0, 0.05) is 42.9 Å². The number of carbonyl (C=O) groups excluding carboxylic acids is 1. The van der Waals surface area contributed by atoms with Crippen LogP contribution in [-0.4, -0.2) is 83.3 Å². The van der Waals surface area contributed by atoms with Crippen molar-refractivity contribution in [3.63, 3.8) is 0 Å². The van der Waals surface area contributed by atoms with Crippen molar-refractivity contribution < 1.29 is 9.53 Å². The number of amides is 1. The summed E-state index contributed by atoms with van der Waals surface area (Å²) in [6, 6.07) is 7.13. The zero-order valence-electron chi connectivity index (χ0n) is 26.1. The van der Waals surface area contributed by atoms with E-state index in [0.717, 1.165) is 55.4 Å². The molecule has 46 heavy (non-hydrogen) atoms. The summed E-state index contributed by atoms with van der Waals surface area (Å²) in [5.41, 5.74) is 2.20. The number of allylic oxidation sites excluding steroid dienone is 4. The lowest BCUT2D eigenvalue weighted by Crippen LogP contribution is -2.56. The van der Waals surface area contributed by atoms with Crippen molar-refractivity contribution in [2.45, 2.75) is 64.3 Å². The van der Waals surface area contributed by atoms with Gasteiger partial charge in [0.2, 0.25) is 5.95 Å². The Bertz CT molecular complexity index is 1970. The average Bonchev–Trinajstić information content (AvgIpc) is 3.60. The Morgan fingerprint density at radius 3 is 2.78 bits per heavy atom. The van der Waals surface area contributed by atoms with E-state index in [0.29, 0.717) is 53.7 Å². The Morgan fingerprint density at radius 1 is 1.07 bits per heavy atom. The molecule has 2 bridgehead atoms. The number of aromatic nitrogens is 6. The van der Waals surface area contributed by atoms with Crippen molar-refractivity contribution in [1.82, 2.24) is 44.2 Å². The van der Waals surface area contributed by atoms with Gasteiger partial charge in [0.05, 0.1) is 24.3 Å². The van der Waals surface area contributed by atoms with Gasteiger partial charge in [-0.2, -0.15) is 10.1 Å². The van der Waals surface area contributed by atoms with Gasteiger partial charge in [0.25, 0.3) is 11.5 Å². The average molecular weight is 623 g/mol. The highest BCUT2D eigenvalue weighted by Gasteiger charge is 2.36. The molecule has 0 radical (unpaired) electrons. The molecule has 4 aromatic rings. The van der Waals surface area contributed by atoms with E-state index < -0.39 is 6.17 Å². The van der Waals surface area contributed by atoms with Gasteiger partial charge in [0.1, 0.15) is 17.0 Å². The van der Waals surface area contributed by atoms with Crippen LogP contribution in [0.4, 0.5) is 11.6 Å². The van der Waals surface area contributed by atoms with Gasteiger partial charge in [-0.25, -0.2) is 14.3 Å². The number of nitrogens with zero attached hydrogens (tertiary/aromatic N) is 8. The quantitative estimate of drug-likeness (QED) is 0.329. The van der Waals surface area contributed by atoms with Gasteiger partial charge in [0.15, 0.2) is 18.4 Å². The normalized spacial score (nSPS) is 21.6. The number of anilines is 2. The Kier molecular flexibility index (Phi) is 7.12. The molecule has 2 saturated heterocycles. The third kappa shape index (κ3) is 4.95. The number of hydrogen-bond donors (Lipinski definition) is 2. The number of ether oxygens (including phenoxy) is 1. The van der Waals surface area contributed by atoms with E-state index in [-0.39, 0.29) is 18.1 Å². The monoisotopic (exact) mass is 622 g/mol. The summed E-state index contributed by atoms with van der Waals surface area (Å²) >= 11 is 0. The van der Waals surface area contributed by atoms with Crippen LogP contribution in [0.15, 0.2) is 65.5 Å². The molecule has 8 rings (SSSR count). The molecule has 238 valence electrons. The first-order chi connectivity index (χ1) is 22.4. The lowest BCUT2D eigenvalue weighted by atomic mass is 10.0. The Balaban J connectivity index is 1.12. The van der Waals surface area contributed by atoms with Crippen LogP contribution in [0, 0.1) is 0 Å². The largest absolute Gasteiger partial charge is 0.484 e. The third-order valence-corrected chi connectivity index (χ3v) is 9.50. The molecular formula is C33H38N10O3. The Hall–Kier alpha value is -4.91. The zero-order chi connectivity index (χ0) is 31.4. The number of piperidine rings is 1. The highest BCUT2D eigenvalue weighted by Crippen LogP contribution is 2.30. The van der Waals surface area contributed by atoms with Gasteiger partial charge in [-0.1, -0.05) is 12.2 Å². The zero-order valence-corrected chi connectivity index (χ0v) is 26.1. The number of likely N-dealkylation sites (tertiary alicyclic amines) is 1. The minimum Gasteiger partial charge on any atom is -0.484 e. The van der Waals surface area contributed by atoms with Crippen molar-refractivity contribution in [1.29, 1.82) is 0 Å². The lowest BCUT2D eigenvalue weighted by molar-refractivity contribution is -0.143. The van der Waals surface area contributed by atoms with Crippen LogP contribution in [-0.2, 0) is 16.1 Å². The van der Waals surface area contributed by atoms with Crippen molar-refractivity contribution in [2.75, 3.05) is 31.6 Å². The summed E-state index contributed by atoms with van der Waals surface area (Å²) in [6.45, 7) is 7.67. The molecule has 0 spiro atoms. The Morgan fingerprint density at radius 2 is 1.93 bits per heavy atom. The van der Waals surface area contributed by atoms with Gasteiger partial charge in [-0.15, -0.1) is 0 Å². The first-order valence-electron chi connectivity index (χ1n) is 16.2. The summed E-state index contributed by atoms with van der Waals surface area (Å²) in [4.78, 5) is 40.1. The van der Waals surface area contributed by atoms with E-state index in [9.17, 15) is 9.59 Å². The molecule has 4 aliphatic rings. The minimum atomic E-state index is -0.458. The predicted octanol–water partition coefficient (Wildman–Crippen LogP) is 3.55. The predicted molar refractivity (Wildman–Crippen MR) is 175 cm³/mol. The Labute approximate surface area is 265 Å². The van der Waals surface area contributed by atoms with E-state index in [1.165, 1.54) is 0 Å². The molecule has 13 heteroatoms. The van der Waals surface area contributed by atoms with Crippen LogP contribution in [0.5, 0.6) is 0 Å². The van der Waals surface area contributed by atoms with Gasteiger partial charge >= 0.3 is 0 Å². The molecule has 0 saturated carbocycles. The number of nitrogens with one attached hydrogen (secondary N) is 2. The molecule has 2 N–H and O–H groups in total. The summed E-state index contributed by atoms with van der Waals surface area (Å²) in [5, 5.41) is 13.0. The van der Waals surface area contributed by atoms with Crippen LogP contribution in [0.3, 0.4) is 0 Å². The van der Waals surface area contributed by atoms with Crippen molar-refractivity contribution in [3.8, 4) is 0 Å². The highest BCUT2D eigenvalue weighted by molar-refractivity contribution is 5.84. The highest BCUT2D eigenvalue weighted by atomic mass is 16.5. The van der Waals surface area contributed by atoms with Gasteiger partial charge < -0.3 is 25.2 Å². The van der Waals surface area contributed by atoms with Crippen LogP contribution in [0.2, 0.25) is 0 Å². The van der Waals surface area contributed by atoms with Crippen LogP contribution in [0.25, 0.3) is 27.8 Å². The smallest absolute Gasteiger partial charge is 0.278 e. The fraction of sp³-hybridized carbons (Fsp3) is 0.424. The van der Waals surface area contributed by atoms with Crippen molar-refractivity contribution in [2.24, 2.45) is 0 Å². The summed E-state index contributed by atoms with van der Waals surface area (Å²) in [7, 11) is 0. The SMILES string of the molecule is CC(C)N1CCC(n2ncc3cc(Nc4ncc5c(=O)n6n(c5n4)C4=CC=C5OCC(=O)N(CCC/C=C\C6)C5N4)ccc32)CC1. The molecule has 1 atom stereocenters. The second kappa shape index (κ2) is 11.5. The molecule has 1 unspecified atom stereocenters. The molecular weight excluding hydrogens is 584 g/mol. The standard InChI is InChI=1S/C33H38N10O3/c1-21(2)39-15-11-24(12-16-39)42-26-8-7-23(17-22(26)18-35-42)36-33-34-19-25-30(38-33)43-28-10-9-27-31(37-28)40(29(44)20-46-27)13-5-3-4-6-14-41(43)32(25)45/h4,6-10,17-19,21,24,31,37H,3,5,11-16,20H2,1-2H3,(H,34,36,38)/b6-4-. The summed E-state index contributed by atoms with van der Waals surface area (Å²) in [5.74, 6) is 1.60. The molecule has 1 amide bonds. The van der Waals surface area contributed by atoms with E-state index in [2.05, 4.69) is 57.3 Å². The summed E-state index contributed by atoms with van der Waals surface area (Å²) in [6.07, 6.45) is 14.6. The molecule has 3 aromatic heterocycles. The van der Waals surface area contributed by atoms with E-state index in [1.54, 1.807) is 20.5 Å². The second-order valence-corrected chi connectivity index (χ2v) is 12.6.